The van der Waals surface area contributed by atoms with Gasteiger partial charge in [-0.05, 0) is 36.0 Å². The molecule has 0 saturated carbocycles. The summed E-state index contributed by atoms with van der Waals surface area (Å²) < 4.78 is 0. The summed E-state index contributed by atoms with van der Waals surface area (Å²) >= 11 is 0. The number of benzene rings is 1. The molecule has 168 valence electrons. The van der Waals surface area contributed by atoms with Gasteiger partial charge in [-0.15, -0.1) is 0 Å². The standard InChI is InChI=1S/C23H23NO8/c1-2-12(25)6-9-3-4-14(26)17-13(9)7-10-5-11-8-15(27)18(22(24)31)21(30)23(11,32)20(29)16(10)19(17)28/h3-4,10-11,26-27,29,32H,2,5-8H2,1H3,(H2,24,31)/t10-,11+,23+/m1/s1. The molecule has 9 nitrogen and oxygen atoms in total. The first-order valence-corrected chi connectivity index (χ1v) is 10.3. The summed E-state index contributed by atoms with van der Waals surface area (Å²) in [6.45, 7) is 1.72. The molecule has 0 bridgehead atoms. The van der Waals surface area contributed by atoms with Crippen molar-refractivity contribution < 1.29 is 39.6 Å². The van der Waals surface area contributed by atoms with Gasteiger partial charge in [0, 0.05) is 30.8 Å². The van der Waals surface area contributed by atoms with Crippen molar-refractivity contribution in [1.29, 1.82) is 0 Å². The number of nitrogens with two attached hydrogens (primary N) is 1. The Hall–Kier alpha value is -3.46. The molecule has 0 aromatic heterocycles. The molecule has 1 aromatic carbocycles. The summed E-state index contributed by atoms with van der Waals surface area (Å²) in [7, 11) is 0. The number of phenolic OH excluding ortho intramolecular Hbond substituents is 1. The zero-order valence-corrected chi connectivity index (χ0v) is 17.3. The summed E-state index contributed by atoms with van der Waals surface area (Å²) in [4.78, 5) is 49.9. The van der Waals surface area contributed by atoms with E-state index in [1.807, 2.05) is 0 Å². The van der Waals surface area contributed by atoms with Crippen LogP contribution >= 0.6 is 0 Å². The second kappa shape index (κ2) is 7.30. The van der Waals surface area contributed by atoms with Crippen molar-refractivity contribution in [3.63, 3.8) is 0 Å². The molecule has 0 saturated heterocycles. The lowest BCUT2D eigenvalue weighted by atomic mass is 9.60. The van der Waals surface area contributed by atoms with E-state index >= 15 is 0 Å². The smallest absolute Gasteiger partial charge is 0.255 e. The zero-order chi connectivity index (χ0) is 23.5. The number of allylic oxidation sites excluding steroid dienone is 2. The van der Waals surface area contributed by atoms with E-state index in [2.05, 4.69) is 0 Å². The van der Waals surface area contributed by atoms with Crippen LogP contribution in [-0.2, 0) is 27.2 Å². The van der Waals surface area contributed by atoms with Crippen LogP contribution in [0.3, 0.4) is 0 Å². The highest BCUT2D eigenvalue weighted by molar-refractivity contribution is 6.24. The maximum atomic E-state index is 13.4. The van der Waals surface area contributed by atoms with E-state index in [9.17, 15) is 39.6 Å². The molecule has 3 aliphatic carbocycles. The van der Waals surface area contributed by atoms with Crippen LogP contribution in [0, 0.1) is 11.8 Å². The molecule has 0 radical (unpaired) electrons. The van der Waals surface area contributed by atoms with Crippen molar-refractivity contribution in [2.75, 3.05) is 0 Å². The number of aliphatic hydroxyl groups is 3. The first-order chi connectivity index (χ1) is 15.0. The van der Waals surface area contributed by atoms with Crippen molar-refractivity contribution >= 4 is 23.3 Å². The topological polar surface area (TPSA) is 175 Å². The lowest BCUT2D eigenvalue weighted by molar-refractivity contribution is -0.144. The fourth-order valence-electron chi connectivity index (χ4n) is 5.19. The third-order valence-electron chi connectivity index (χ3n) is 6.82. The quantitative estimate of drug-likeness (QED) is 0.432. The Bertz CT molecular complexity index is 1160. The molecule has 0 unspecified atom stereocenters. The highest BCUT2D eigenvalue weighted by atomic mass is 16.3. The number of aliphatic hydroxyl groups excluding tert-OH is 2. The number of Topliss-reactive ketones (excluding diaryl/α,β-unsaturated/α-hetero) is 3. The van der Waals surface area contributed by atoms with Crippen molar-refractivity contribution in [2.24, 2.45) is 17.6 Å². The van der Waals surface area contributed by atoms with E-state index in [1.165, 1.54) is 6.07 Å². The second-order valence-corrected chi connectivity index (χ2v) is 8.58. The van der Waals surface area contributed by atoms with E-state index in [1.54, 1.807) is 13.0 Å². The molecule has 3 atom stereocenters. The molecule has 9 heteroatoms. The first kappa shape index (κ1) is 21.8. The van der Waals surface area contributed by atoms with Crippen LogP contribution in [0.5, 0.6) is 5.75 Å². The molecule has 1 aromatic rings. The van der Waals surface area contributed by atoms with Gasteiger partial charge in [0.15, 0.2) is 11.4 Å². The van der Waals surface area contributed by atoms with Crippen molar-refractivity contribution in [3.8, 4) is 5.75 Å². The minimum absolute atomic E-state index is 0.0422. The summed E-state index contributed by atoms with van der Waals surface area (Å²) in [6.07, 6.45) is 0.358. The Labute approximate surface area is 182 Å². The minimum Gasteiger partial charge on any atom is -0.511 e. The molecular weight excluding hydrogens is 418 g/mol. The van der Waals surface area contributed by atoms with Gasteiger partial charge in [0.2, 0.25) is 5.78 Å². The molecule has 0 aliphatic heterocycles. The number of hydrogen-bond donors (Lipinski definition) is 5. The summed E-state index contributed by atoms with van der Waals surface area (Å²) in [5, 5.41) is 42.7. The minimum atomic E-state index is -2.58. The number of fused-ring (bicyclic) bond motifs is 3. The lowest BCUT2D eigenvalue weighted by Gasteiger charge is -2.45. The average Bonchev–Trinajstić information content (AvgIpc) is 2.72. The van der Waals surface area contributed by atoms with Gasteiger partial charge in [0.25, 0.3) is 5.91 Å². The van der Waals surface area contributed by atoms with Gasteiger partial charge in [0.1, 0.15) is 28.6 Å². The predicted molar refractivity (Wildman–Crippen MR) is 110 cm³/mol. The Kier molecular flexibility index (Phi) is 4.97. The summed E-state index contributed by atoms with van der Waals surface area (Å²) in [6, 6.07) is 2.88. The molecule has 32 heavy (non-hydrogen) atoms. The Balaban J connectivity index is 1.87. The Morgan fingerprint density at radius 1 is 1.16 bits per heavy atom. The molecule has 6 N–H and O–H groups in total. The third-order valence-corrected chi connectivity index (χ3v) is 6.82. The molecule has 0 fully saturated rings. The number of hydrogen-bond acceptors (Lipinski definition) is 8. The van der Waals surface area contributed by atoms with Crippen LogP contribution in [0.1, 0.15) is 47.7 Å². The number of primary amides is 1. The van der Waals surface area contributed by atoms with Gasteiger partial charge < -0.3 is 26.2 Å². The SMILES string of the molecule is CCC(=O)Cc1ccc(O)c2c1C[C@H]1C[C@H]3CC(O)=C(C(N)=O)C(=O)[C@@]3(O)C(O)=C1C2=O. The lowest BCUT2D eigenvalue weighted by Crippen LogP contribution is -2.57. The average molecular weight is 441 g/mol. The van der Waals surface area contributed by atoms with E-state index < -0.39 is 52.0 Å². The number of amides is 1. The van der Waals surface area contributed by atoms with Crippen LogP contribution in [0.2, 0.25) is 0 Å². The Morgan fingerprint density at radius 3 is 2.47 bits per heavy atom. The zero-order valence-electron chi connectivity index (χ0n) is 17.3. The molecule has 4 rings (SSSR count). The van der Waals surface area contributed by atoms with Gasteiger partial charge in [-0.25, -0.2) is 0 Å². The highest BCUT2D eigenvalue weighted by Gasteiger charge is 2.59. The monoisotopic (exact) mass is 441 g/mol. The van der Waals surface area contributed by atoms with Gasteiger partial charge in [-0.2, -0.15) is 0 Å². The summed E-state index contributed by atoms with van der Waals surface area (Å²) in [5.74, 6) is -6.70. The Morgan fingerprint density at radius 2 is 1.84 bits per heavy atom. The second-order valence-electron chi connectivity index (χ2n) is 8.58. The third kappa shape index (κ3) is 2.88. The maximum absolute atomic E-state index is 13.4. The van der Waals surface area contributed by atoms with E-state index in [0.717, 1.165) is 0 Å². The fourth-order valence-corrected chi connectivity index (χ4v) is 5.19. The van der Waals surface area contributed by atoms with Crippen molar-refractivity contribution in [3.05, 3.63) is 51.5 Å². The molecule has 1 amide bonds. The van der Waals surface area contributed by atoms with Gasteiger partial charge in [0.05, 0.1) is 5.56 Å². The largest absolute Gasteiger partial charge is 0.511 e. The predicted octanol–water partition coefficient (Wildman–Crippen LogP) is 1.10. The van der Waals surface area contributed by atoms with Gasteiger partial charge in [-0.3, -0.25) is 19.2 Å². The molecule has 0 heterocycles. The first-order valence-electron chi connectivity index (χ1n) is 10.3. The van der Waals surface area contributed by atoms with E-state index in [0.29, 0.717) is 17.5 Å². The highest BCUT2D eigenvalue weighted by Crippen LogP contribution is 2.51. The number of carbonyl (C=O) groups excluding carboxylic acids is 4. The number of carbonyl (C=O) groups is 4. The molecular formula is C23H23NO8. The van der Waals surface area contributed by atoms with Crippen LogP contribution in [0.15, 0.2) is 34.8 Å². The number of ketones is 3. The van der Waals surface area contributed by atoms with Crippen molar-refractivity contribution in [2.45, 2.75) is 44.6 Å². The van der Waals surface area contributed by atoms with E-state index in [-0.39, 0.29) is 48.4 Å². The number of phenols is 1. The van der Waals surface area contributed by atoms with Gasteiger partial charge >= 0.3 is 0 Å². The number of aromatic hydroxyl groups is 1. The van der Waals surface area contributed by atoms with Crippen LogP contribution in [0.25, 0.3) is 0 Å². The van der Waals surface area contributed by atoms with Crippen molar-refractivity contribution in [1.82, 2.24) is 0 Å². The van der Waals surface area contributed by atoms with Crippen LogP contribution in [-0.4, -0.2) is 49.3 Å². The van der Waals surface area contributed by atoms with Gasteiger partial charge in [-0.1, -0.05) is 13.0 Å². The molecule has 3 aliphatic rings. The van der Waals surface area contributed by atoms with Crippen LogP contribution < -0.4 is 5.73 Å². The van der Waals surface area contributed by atoms with E-state index in [4.69, 9.17) is 5.73 Å². The fraction of sp³-hybridized carbons (Fsp3) is 0.391. The van der Waals surface area contributed by atoms with Crippen LogP contribution in [0.4, 0.5) is 0 Å². The molecule has 0 spiro atoms. The summed E-state index contributed by atoms with van der Waals surface area (Å²) in [5.41, 5.74) is 2.57. The normalized spacial score (nSPS) is 27.1. The number of rotatable bonds is 4. The maximum Gasteiger partial charge on any atom is 0.255 e.